The molecule has 7 fully saturated rings. The molecule has 0 saturated carbocycles. The lowest BCUT2D eigenvalue weighted by molar-refractivity contribution is -0.134. The van der Waals surface area contributed by atoms with E-state index in [-0.39, 0.29) is 128 Å². The predicted octanol–water partition coefficient (Wildman–Crippen LogP) is 16.5. The molecule has 8 heterocycles. The highest BCUT2D eigenvalue weighted by atomic mass is 35.5. The van der Waals surface area contributed by atoms with Crippen LogP contribution in [0.15, 0.2) is 158 Å². The van der Waals surface area contributed by atoms with E-state index in [9.17, 15) is 77.8 Å². The molecule has 0 bridgehead atoms. The van der Waals surface area contributed by atoms with E-state index in [1.807, 2.05) is 125 Å². The van der Waals surface area contributed by atoms with E-state index in [4.69, 9.17) is 34.8 Å². The number of anilines is 3. The van der Waals surface area contributed by atoms with Crippen LogP contribution in [0.25, 0.3) is 0 Å². The zero-order valence-electron chi connectivity index (χ0n) is 84.3. The van der Waals surface area contributed by atoms with Crippen LogP contribution in [0.2, 0.25) is 15.1 Å². The Balaban J connectivity index is 0.000000169. The van der Waals surface area contributed by atoms with Crippen molar-refractivity contribution in [2.24, 2.45) is 29.6 Å². The number of hydrogen-bond acceptors (Lipinski definition) is 20. The third-order valence-electron chi connectivity index (χ3n) is 30.4. The summed E-state index contributed by atoms with van der Waals surface area (Å²) in [4.78, 5) is 92.2. The Bertz CT molecular complexity index is 5950. The number of fused-ring (bicyclic) bond motifs is 1. The minimum Gasteiger partial charge on any atom is -0.385 e. The molecule has 7 saturated heterocycles. The van der Waals surface area contributed by atoms with Gasteiger partial charge in [0.15, 0.2) is 39.3 Å². The van der Waals surface area contributed by atoms with Gasteiger partial charge in [-0.2, -0.15) is 0 Å². The van der Waals surface area contributed by atoms with E-state index < -0.39 is 56.2 Å². The number of rotatable bonds is 27. The fourth-order valence-corrected chi connectivity index (χ4v) is 26.5. The SMILES string of the molecule is CC(C)N1C(=O)c2ccc(CC(=O)N3CCC(CS(=O)(=O)C(C)C)CC3)cc2C1=O.CC1CC(CS(=O)(=O)C(C)C)CCN1C(=O)Cc1ccc(N2CCC(O)(c3ccc(Cl)cc3)CC2)cc1.CC1CN(C(=O)Cc2ccc(N3CCC(O)(c4ccc(Cl)cc4)CC3)cc2)CCC1CS(=O)(=O)C(C)C.Cc1cc(CC(=O)N2CCC(CS(=O)(=O)C(C)C)CC2)ccc1N1CCC(O)(c2ccc(Cl)cc2)CC1. The quantitative estimate of drug-likeness (QED) is 0.0403. The molecule has 8 aliphatic heterocycles. The summed E-state index contributed by atoms with van der Waals surface area (Å²) in [5.74, 6) is 1.09. The predicted molar refractivity (Wildman–Crippen MR) is 563 cm³/mol. The van der Waals surface area contributed by atoms with Crippen LogP contribution < -0.4 is 14.7 Å². The number of hydrogen-bond donors (Lipinski definition) is 3. The molecule has 4 unspecified atom stereocenters. The van der Waals surface area contributed by atoms with Crippen molar-refractivity contribution in [3.05, 3.63) is 228 Å². The van der Waals surface area contributed by atoms with Crippen molar-refractivity contribution in [1.82, 2.24) is 24.5 Å². The summed E-state index contributed by atoms with van der Waals surface area (Å²) >= 11 is 18.0. The van der Waals surface area contributed by atoms with Crippen LogP contribution in [0.1, 0.15) is 232 Å². The second-order valence-electron chi connectivity index (χ2n) is 42.0. The lowest BCUT2D eigenvalue weighted by Crippen LogP contribution is -2.46. The summed E-state index contributed by atoms with van der Waals surface area (Å²) in [6.07, 6.45) is 10.1. The number of piperidine rings is 7. The number of carbonyl (C=O) groups is 6. The Morgan fingerprint density at radius 1 is 0.369 bits per heavy atom. The molecule has 7 aromatic rings. The minimum absolute atomic E-state index is 0.0422. The van der Waals surface area contributed by atoms with Crippen LogP contribution >= 0.6 is 34.8 Å². The second kappa shape index (κ2) is 47.8. The highest BCUT2D eigenvalue weighted by Gasteiger charge is 2.43. The monoisotopic (exact) mass is 2070 g/mol. The van der Waals surface area contributed by atoms with Gasteiger partial charge in [-0.3, -0.25) is 33.7 Å². The van der Waals surface area contributed by atoms with Crippen molar-refractivity contribution in [2.45, 2.75) is 249 Å². The van der Waals surface area contributed by atoms with Crippen molar-refractivity contribution in [3.8, 4) is 0 Å². The van der Waals surface area contributed by atoms with Gasteiger partial charge in [0.05, 0.1) is 97.6 Å². The van der Waals surface area contributed by atoms with Crippen molar-refractivity contribution in [2.75, 3.05) is 123 Å². The molecule has 7 aromatic carbocycles. The molecule has 32 heteroatoms. The number of nitrogens with zero attached hydrogens (tertiary/aromatic N) is 8. The third kappa shape index (κ3) is 29.1. The first-order valence-electron chi connectivity index (χ1n) is 50.4. The maximum atomic E-state index is 13.1. The average Bonchev–Trinajstić information content (AvgIpc) is 1.66. The van der Waals surface area contributed by atoms with Gasteiger partial charge in [-0.25, -0.2) is 33.7 Å². The van der Waals surface area contributed by atoms with E-state index in [0.29, 0.717) is 148 Å². The maximum absolute atomic E-state index is 13.1. The van der Waals surface area contributed by atoms with Gasteiger partial charge in [-0.15, -0.1) is 0 Å². The summed E-state index contributed by atoms with van der Waals surface area (Å²) in [7, 11) is -12.3. The molecule has 25 nitrogen and oxygen atoms in total. The average molecular weight is 2080 g/mol. The number of aryl methyl sites for hydroxylation is 1. The molecule has 15 rings (SSSR count). The molecular weight excluding hydrogens is 1930 g/mol. The molecule has 4 atom stereocenters. The van der Waals surface area contributed by atoms with Gasteiger partial charge < -0.3 is 49.6 Å². The summed E-state index contributed by atoms with van der Waals surface area (Å²) in [5, 5.41) is 34.0. The summed E-state index contributed by atoms with van der Waals surface area (Å²) < 4.78 is 98.0. The van der Waals surface area contributed by atoms with Gasteiger partial charge in [0, 0.05) is 129 Å². The Labute approximate surface area is 852 Å². The highest BCUT2D eigenvalue weighted by molar-refractivity contribution is 7.92. The molecular formula is C109H147Cl3N8O17S4. The summed E-state index contributed by atoms with van der Waals surface area (Å²) in [6.45, 7) is 32.2. The lowest BCUT2D eigenvalue weighted by atomic mass is 9.84. The first-order chi connectivity index (χ1) is 66.4. The van der Waals surface area contributed by atoms with E-state index in [1.165, 1.54) is 4.90 Å². The lowest BCUT2D eigenvalue weighted by Gasteiger charge is -2.40. The topological polar surface area (TPSA) is 326 Å². The fraction of sp³-hybridized carbons (Fsp3) is 0.560. The van der Waals surface area contributed by atoms with Crippen LogP contribution in [0, 0.1) is 36.5 Å². The first kappa shape index (κ1) is 111. The Morgan fingerprint density at radius 3 is 1.07 bits per heavy atom. The number of likely N-dealkylation sites (tertiary alicyclic amines) is 4. The van der Waals surface area contributed by atoms with Gasteiger partial charge in [0.1, 0.15) is 0 Å². The molecule has 0 aromatic heterocycles. The van der Waals surface area contributed by atoms with E-state index >= 15 is 0 Å². The summed E-state index contributed by atoms with van der Waals surface area (Å²) in [5.41, 5.74) is 9.05. The van der Waals surface area contributed by atoms with Gasteiger partial charge in [0.2, 0.25) is 23.6 Å². The van der Waals surface area contributed by atoms with Crippen LogP contribution in [0.5, 0.6) is 0 Å². The Morgan fingerprint density at radius 2 is 0.695 bits per heavy atom. The van der Waals surface area contributed by atoms with Crippen LogP contribution in [0.3, 0.4) is 0 Å². The van der Waals surface area contributed by atoms with Crippen LogP contribution in [-0.4, -0.2) is 250 Å². The van der Waals surface area contributed by atoms with E-state index in [0.717, 1.165) is 127 Å². The molecule has 8 aliphatic rings. The molecule has 6 amide bonds. The number of benzene rings is 7. The van der Waals surface area contributed by atoms with Crippen molar-refractivity contribution < 1.29 is 77.8 Å². The molecule has 0 aliphatic carbocycles. The van der Waals surface area contributed by atoms with E-state index in [1.54, 1.807) is 92.3 Å². The van der Waals surface area contributed by atoms with Crippen LogP contribution in [0.4, 0.5) is 17.1 Å². The molecule has 0 radical (unpaired) electrons. The number of aliphatic hydroxyl groups is 3. The van der Waals surface area contributed by atoms with Crippen molar-refractivity contribution in [1.29, 1.82) is 0 Å². The van der Waals surface area contributed by atoms with E-state index in [2.05, 4.69) is 64.9 Å². The number of halogens is 3. The number of amides is 6. The number of imide groups is 1. The van der Waals surface area contributed by atoms with Gasteiger partial charge in [-0.1, -0.05) is 121 Å². The van der Waals surface area contributed by atoms with Gasteiger partial charge in [-0.05, 0) is 320 Å². The largest absolute Gasteiger partial charge is 0.385 e. The third-order valence-corrected chi connectivity index (χ3v) is 40.6. The molecule has 770 valence electrons. The summed E-state index contributed by atoms with van der Waals surface area (Å²) in [6, 6.07) is 49.7. The first-order valence-corrected chi connectivity index (χ1v) is 58.4. The standard InChI is InChI=1S/3C29H39ClN2O4S.C22H30N2O5S/c1-21(2)37(35,36)20-24-12-15-32(19-22(24)3)28(33)18-23-4-10-27(11-5-23)31-16-13-29(34,14-17-31)25-6-8-26(30)9-7-25;1-21(2)37(35,36)20-24-12-15-32(22(3)18-24)28(33)19-23-4-10-27(11-5-23)31-16-13-29(34,14-17-31)25-6-8-26(30)9-7-25;1-21(2)37(35,36)20-23-10-14-32(15-11-23)28(33)19-24-4-9-27(22(3)18-24)31-16-12-29(34,13-17-31)25-5-7-26(30)8-6-25;1-14(2)24-21(26)18-6-5-17(11-19(18)22(24)27)12-20(25)23-9-7-16(8-10-23)13-30(28,29)15(3)4/h2*4-11,21-22,24,34H,12-20H2,1-3H3;4-9,18,21,23,34H,10-17,19-20H2,1-3H3;5-6,11,14-16H,7-10,12-13H2,1-4H3. The number of sulfone groups is 4. The molecule has 3 N–H and O–H groups in total. The van der Waals surface area contributed by atoms with Crippen LogP contribution in [-0.2, 0) is 101 Å². The zero-order valence-corrected chi connectivity index (χ0v) is 89.8. The van der Waals surface area contributed by atoms with Gasteiger partial charge in [0.25, 0.3) is 11.8 Å². The second-order valence-corrected chi connectivity index (χ2v) is 53.8. The normalized spacial score (nSPS) is 20.5. The van der Waals surface area contributed by atoms with Crippen molar-refractivity contribution in [3.63, 3.8) is 0 Å². The molecule has 0 spiro atoms. The Hall–Kier alpha value is -8.49. The van der Waals surface area contributed by atoms with Crippen molar-refractivity contribution >= 4 is 127 Å². The number of carbonyl (C=O) groups excluding carboxylic acids is 6. The zero-order chi connectivity index (χ0) is 103. The fourth-order valence-electron chi connectivity index (χ4n) is 20.6. The minimum atomic E-state index is -3.08. The highest BCUT2D eigenvalue weighted by Crippen LogP contribution is 2.41. The Kier molecular flexibility index (Phi) is 37.7. The molecule has 141 heavy (non-hydrogen) atoms. The van der Waals surface area contributed by atoms with Gasteiger partial charge >= 0.3 is 0 Å². The maximum Gasteiger partial charge on any atom is 0.261 e. The smallest absolute Gasteiger partial charge is 0.261 e.